The number of unbranched alkanes of at least 4 members (excludes halogenated alkanes) is 1. The van der Waals surface area contributed by atoms with Gasteiger partial charge in [0, 0.05) is 13.0 Å². The number of nitrogen functional groups attached to an aromatic ring is 1. The third kappa shape index (κ3) is 4.84. The quantitative estimate of drug-likeness (QED) is 0.496. The molecule has 0 bridgehead atoms. The summed E-state index contributed by atoms with van der Waals surface area (Å²) < 4.78 is 38.9. The molecule has 8 heteroatoms. The molecule has 0 unspecified atom stereocenters. The molecule has 1 aromatic carbocycles. The van der Waals surface area contributed by atoms with Gasteiger partial charge in [-0.3, -0.25) is 4.79 Å². The first-order valence-corrected chi connectivity index (χ1v) is 7.14. The monoisotopic (exact) mass is 289 g/mol. The first-order valence-electron chi connectivity index (χ1n) is 5.66. The van der Waals surface area contributed by atoms with Crippen LogP contribution in [-0.4, -0.2) is 20.9 Å². The Kier molecular flexibility index (Phi) is 5.25. The number of amides is 1. The molecule has 106 valence electrons. The van der Waals surface area contributed by atoms with E-state index in [-0.39, 0.29) is 23.5 Å². The average molecular weight is 289 g/mol. The van der Waals surface area contributed by atoms with Crippen LogP contribution in [0.2, 0.25) is 0 Å². The lowest BCUT2D eigenvalue weighted by Gasteiger charge is -2.08. The molecule has 0 aliphatic heterocycles. The Balaban J connectivity index is 2.59. The van der Waals surface area contributed by atoms with Gasteiger partial charge in [-0.05, 0) is 31.0 Å². The highest BCUT2D eigenvalue weighted by Gasteiger charge is 2.17. The molecule has 0 aliphatic rings. The summed E-state index contributed by atoms with van der Waals surface area (Å²) in [7, 11) is -3.77. The molecule has 1 rings (SSSR count). The summed E-state index contributed by atoms with van der Waals surface area (Å²) in [5, 5.41) is 0. The van der Waals surface area contributed by atoms with Crippen molar-refractivity contribution in [3.05, 3.63) is 24.0 Å². The minimum Gasteiger partial charge on any atom is -0.398 e. The van der Waals surface area contributed by atoms with Crippen molar-refractivity contribution in [3.63, 3.8) is 0 Å². The maximum atomic E-state index is 12.8. The number of carbonyl (C=O) groups excluding carboxylic acids is 1. The average Bonchev–Trinajstić information content (AvgIpc) is 2.27. The third-order valence-electron chi connectivity index (χ3n) is 2.40. The summed E-state index contributed by atoms with van der Waals surface area (Å²) in [4.78, 5) is 10.3. The second-order valence-corrected chi connectivity index (χ2v) is 5.74. The van der Waals surface area contributed by atoms with Gasteiger partial charge >= 0.3 is 0 Å². The highest BCUT2D eigenvalue weighted by molar-refractivity contribution is 7.89. The third-order valence-corrected chi connectivity index (χ3v) is 3.94. The molecule has 0 fully saturated rings. The Bertz CT molecular complexity index is 560. The normalized spacial score (nSPS) is 11.4. The van der Waals surface area contributed by atoms with Crippen molar-refractivity contribution in [2.24, 2.45) is 5.73 Å². The van der Waals surface area contributed by atoms with Gasteiger partial charge in [-0.25, -0.2) is 17.5 Å². The number of carbonyl (C=O) groups is 1. The Morgan fingerprint density at radius 2 is 2.00 bits per heavy atom. The Labute approximate surface area is 111 Å². The Morgan fingerprint density at radius 1 is 1.32 bits per heavy atom. The molecule has 0 aromatic heterocycles. The molecule has 0 aliphatic carbocycles. The van der Waals surface area contributed by atoms with Gasteiger partial charge < -0.3 is 11.5 Å². The van der Waals surface area contributed by atoms with Crippen molar-refractivity contribution < 1.29 is 17.6 Å². The molecule has 19 heavy (non-hydrogen) atoms. The fourth-order valence-electron chi connectivity index (χ4n) is 1.47. The summed E-state index contributed by atoms with van der Waals surface area (Å²) in [5.41, 5.74) is 10.3. The van der Waals surface area contributed by atoms with Crippen LogP contribution in [0.1, 0.15) is 19.3 Å². The second-order valence-electron chi connectivity index (χ2n) is 4.00. The van der Waals surface area contributed by atoms with Gasteiger partial charge in [0.15, 0.2) is 0 Å². The predicted octanol–water partition coefficient (Wildman–Crippen LogP) is 0.342. The molecule has 0 radical (unpaired) electrons. The smallest absolute Gasteiger partial charge is 0.242 e. The number of nitrogens with two attached hydrogens (primary N) is 2. The number of rotatable bonds is 7. The van der Waals surface area contributed by atoms with Crippen LogP contribution in [0.5, 0.6) is 0 Å². The lowest BCUT2D eigenvalue weighted by Crippen LogP contribution is -2.26. The molecule has 0 spiro atoms. The first-order chi connectivity index (χ1) is 8.83. The first kappa shape index (κ1) is 15.4. The molecule has 0 saturated heterocycles. The van der Waals surface area contributed by atoms with Crippen molar-refractivity contribution in [2.45, 2.75) is 24.2 Å². The van der Waals surface area contributed by atoms with Gasteiger partial charge in [-0.1, -0.05) is 0 Å². The van der Waals surface area contributed by atoms with E-state index < -0.39 is 21.7 Å². The zero-order valence-corrected chi connectivity index (χ0v) is 11.0. The SMILES string of the molecule is NC(=O)CCCCNS(=O)(=O)c1ccc(F)cc1N. The van der Waals surface area contributed by atoms with Gasteiger partial charge in [0.1, 0.15) is 10.7 Å². The van der Waals surface area contributed by atoms with Crippen molar-refractivity contribution in [1.82, 2.24) is 4.72 Å². The highest BCUT2D eigenvalue weighted by atomic mass is 32.2. The molecule has 6 nitrogen and oxygen atoms in total. The number of hydrogen-bond acceptors (Lipinski definition) is 4. The number of benzene rings is 1. The minimum absolute atomic E-state index is 0.148. The lowest BCUT2D eigenvalue weighted by atomic mass is 10.2. The van der Waals surface area contributed by atoms with E-state index in [1.807, 2.05) is 0 Å². The fraction of sp³-hybridized carbons (Fsp3) is 0.364. The van der Waals surface area contributed by atoms with Crippen LogP contribution in [-0.2, 0) is 14.8 Å². The summed E-state index contributed by atoms with van der Waals surface area (Å²) in [6, 6.07) is 3.08. The van der Waals surface area contributed by atoms with E-state index in [2.05, 4.69) is 4.72 Å². The lowest BCUT2D eigenvalue weighted by molar-refractivity contribution is -0.118. The van der Waals surface area contributed by atoms with Crippen LogP contribution in [0.15, 0.2) is 23.1 Å². The topological polar surface area (TPSA) is 115 Å². The molecule has 0 atom stereocenters. The van der Waals surface area contributed by atoms with Crippen LogP contribution in [0.3, 0.4) is 0 Å². The molecule has 1 aromatic rings. The molecular weight excluding hydrogens is 273 g/mol. The Hall–Kier alpha value is -1.67. The van der Waals surface area contributed by atoms with E-state index in [0.29, 0.717) is 12.8 Å². The maximum absolute atomic E-state index is 12.8. The molecule has 1 amide bonds. The van der Waals surface area contributed by atoms with E-state index >= 15 is 0 Å². The van der Waals surface area contributed by atoms with Gasteiger partial charge in [0.25, 0.3) is 0 Å². The van der Waals surface area contributed by atoms with Gasteiger partial charge in [0.05, 0.1) is 5.69 Å². The van der Waals surface area contributed by atoms with E-state index in [1.54, 1.807) is 0 Å². The fourth-order valence-corrected chi connectivity index (χ4v) is 2.66. The van der Waals surface area contributed by atoms with Gasteiger partial charge in [-0.2, -0.15) is 0 Å². The number of anilines is 1. The number of halogens is 1. The standard InChI is InChI=1S/C11H16FN3O3S/c12-8-4-5-10(9(13)7-8)19(17,18)15-6-2-1-3-11(14)16/h4-5,7,15H,1-3,6,13H2,(H2,14,16). The summed E-state index contributed by atoms with van der Waals surface area (Å²) in [6.45, 7) is 0.159. The summed E-state index contributed by atoms with van der Waals surface area (Å²) in [6.07, 6.45) is 1.18. The number of primary amides is 1. The Morgan fingerprint density at radius 3 is 2.58 bits per heavy atom. The van der Waals surface area contributed by atoms with Crippen LogP contribution in [0.25, 0.3) is 0 Å². The van der Waals surface area contributed by atoms with Crippen molar-refractivity contribution >= 4 is 21.6 Å². The van der Waals surface area contributed by atoms with Crippen LogP contribution in [0, 0.1) is 5.82 Å². The number of hydrogen-bond donors (Lipinski definition) is 3. The van der Waals surface area contributed by atoms with E-state index in [4.69, 9.17) is 11.5 Å². The van der Waals surface area contributed by atoms with E-state index in [0.717, 1.165) is 18.2 Å². The van der Waals surface area contributed by atoms with E-state index in [1.165, 1.54) is 0 Å². The largest absolute Gasteiger partial charge is 0.398 e. The van der Waals surface area contributed by atoms with Crippen LogP contribution in [0.4, 0.5) is 10.1 Å². The second kappa shape index (κ2) is 6.48. The predicted molar refractivity (Wildman–Crippen MR) is 69.0 cm³/mol. The summed E-state index contributed by atoms with van der Waals surface area (Å²) >= 11 is 0. The van der Waals surface area contributed by atoms with E-state index in [9.17, 15) is 17.6 Å². The molecule has 0 heterocycles. The number of nitrogens with one attached hydrogen (secondary N) is 1. The van der Waals surface area contributed by atoms with Crippen molar-refractivity contribution in [1.29, 1.82) is 0 Å². The zero-order valence-electron chi connectivity index (χ0n) is 10.2. The maximum Gasteiger partial charge on any atom is 0.242 e. The molecule has 0 saturated carbocycles. The van der Waals surface area contributed by atoms with Crippen molar-refractivity contribution in [3.8, 4) is 0 Å². The van der Waals surface area contributed by atoms with Gasteiger partial charge in [-0.15, -0.1) is 0 Å². The highest BCUT2D eigenvalue weighted by Crippen LogP contribution is 2.18. The van der Waals surface area contributed by atoms with Crippen LogP contribution >= 0.6 is 0 Å². The van der Waals surface area contributed by atoms with Crippen molar-refractivity contribution in [2.75, 3.05) is 12.3 Å². The summed E-state index contributed by atoms with van der Waals surface area (Å²) in [5.74, 6) is -1.02. The zero-order chi connectivity index (χ0) is 14.5. The minimum atomic E-state index is -3.77. The molecule has 5 N–H and O–H groups in total. The number of sulfonamides is 1. The molecular formula is C11H16FN3O3S. The van der Waals surface area contributed by atoms with Gasteiger partial charge in [0.2, 0.25) is 15.9 Å². The van der Waals surface area contributed by atoms with Crippen LogP contribution < -0.4 is 16.2 Å².